The van der Waals surface area contributed by atoms with Gasteiger partial charge in [-0.2, -0.15) is 0 Å². The van der Waals surface area contributed by atoms with E-state index in [0.29, 0.717) is 0 Å². The smallest absolute Gasteiger partial charge is 0.119 e. The number of fused-ring (bicyclic) bond motifs is 1. The van der Waals surface area contributed by atoms with Crippen molar-refractivity contribution in [3.63, 3.8) is 0 Å². The van der Waals surface area contributed by atoms with Crippen LogP contribution < -0.4 is 4.74 Å². The monoisotopic (exact) mass is 258 g/mol. The standard InChI is InChI=1S/C17H22O2/c1-19-15-9-8-13-10-11-17(18,16(13)12-15)14-6-4-2-3-5-7-14/h6,8-9,12,18H,2-5,7,10-11H2,1H3. The molecule has 19 heavy (non-hydrogen) atoms. The fourth-order valence-corrected chi connectivity index (χ4v) is 3.46. The largest absolute Gasteiger partial charge is 0.497 e. The first kappa shape index (κ1) is 12.7. The molecule has 1 N–H and O–H groups in total. The van der Waals surface area contributed by atoms with Gasteiger partial charge in [0.25, 0.3) is 0 Å². The fourth-order valence-electron chi connectivity index (χ4n) is 3.46. The lowest BCUT2D eigenvalue weighted by atomic mass is 9.85. The Morgan fingerprint density at radius 3 is 2.89 bits per heavy atom. The van der Waals surface area contributed by atoms with Crippen molar-refractivity contribution < 1.29 is 9.84 Å². The molecule has 2 nitrogen and oxygen atoms in total. The molecule has 0 amide bonds. The molecular weight excluding hydrogens is 236 g/mol. The molecule has 1 atom stereocenters. The molecule has 0 radical (unpaired) electrons. The summed E-state index contributed by atoms with van der Waals surface area (Å²) in [6, 6.07) is 6.11. The van der Waals surface area contributed by atoms with Gasteiger partial charge in [0.05, 0.1) is 7.11 Å². The van der Waals surface area contributed by atoms with Gasteiger partial charge in [-0.3, -0.25) is 0 Å². The maximum absolute atomic E-state index is 11.2. The van der Waals surface area contributed by atoms with Crippen LogP contribution in [0.4, 0.5) is 0 Å². The van der Waals surface area contributed by atoms with Crippen LogP contribution >= 0.6 is 0 Å². The van der Waals surface area contributed by atoms with Gasteiger partial charge in [0.15, 0.2) is 0 Å². The molecule has 2 aliphatic rings. The highest BCUT2D eigenvalue weighted by atomic mass is 16.5. The molecule has 0 aliphatic heterocycles. The summed E-state index contributed by atoms with van der Waals surface area (Å²) < 4.78 is 5.31. The van der Waals surface area contributed by atoms with E-state index in [-0.39, 0.29) is 0 Å². The SMILES string of the molecule is COc1ccc2c(c1)C(O)(C1=CCCCCC1)CC2. The molecule has 102 valence electrons. The third-order valence-corrected chi connectivity index (χ3v) is 4.59. The van der Waals surface area contributed by atoms with E-state index in [9.17, 15) is 5.11 Å². The summed E-state index contributed by atoms with van der Waals surface area (Å²) in [5.41, 5.74) is 2.83. The van der Waals surface area contributed by atoms with Gasteiger partial charge in [-0.05, 0) is 67.4 Å². The number of aryl methyl sites for hydroxylation is 1. The summed E-state index contributed by atoms with van der Waals surface area (Å²) in [7, 11) is 1.68. The molecule has 0 saturated carbocycles. The molecule has 0 saturated heterocycles. The van der Waals surface area contributed by atoms with E-state index in [1.54, 1.807) is 7.11 Å². The van der Waals surface area contributed by atoms with Gasteiger partial charge in [-0.15, -0.1) is 0 Å². The van der Waals surface area contributed by atoms with Gasteiger partial charge < -0.3 is 9.84 Å². The Hall–Kier alpha value is -1.28. The second kappa shape index (κ2) is 5.01. The Balaban J connectivity index is 2.00. The summed E-state index contributed by atoms with van der Waals surface area (Å²) >= 11 is 0. The lowest BCUT2D eigenvalue weighted by molar-refractivity contribution is 0.0740. The number of hydrogen-bond acceptors (Lipinski definition) is 2. The predicted octanol–water partition coefficient (Wildman–Crippen LogP) is 3.72. The molecule has 0 heterocycles. The number of allylic oxidation sites excluding steroid dienone is 1. The van der Waals surface area contributed by atoms with Gasteiger partial charge in [0.2, 0.25) is 0 Å². The Morgan fingerprint density at radius 1 is 1.16 bits per heavy atom. The zero-order valence-electron chi connectivity index (χ0n) is 11.6. The zero-order chi connectivity index (χ0) is 13.3. The van der Waals surface area contributed by atoms with E-state index >= 15 is 0 Å². The van der Waals surface area contributed by atoms with Crippen molar-refractivity contribution in [3.8, 4) is 5.75 Å². The third-order valence-electron chi connectivity index (χ3n) is 4.59. The minimum Gasteiger partial charge on any atom is -0.497 e. The van der Waals surface area contributed by atoms with Crippen LogP contribution in [-0.2, 0) is 12.0 Å². The Bertz CT molecular complexity index is 504. The second-order valence-corrected chi connectivity index (χ2v) is 5.71. The van der Waals surface area contributed by atoms with E-state index in [4.69, 9.17) is 4.74 Å². The van der Waals surface area contributed by atoms with E-state index in [2.05, 4.69) is 12.1 Å². The number of aliphatic hydroxyl groups is 1. The molecule has 0 spiro atoms. The summed E-state index contributed by atoms with van der Waals surface area (Å²) in [4.78, 5) is 0. The highest BCUT2D eigenvalue weighted by Gasteiger charge is 2.39. The van der Waals surface area contributed by atoms with Crippen molar-refractivity contribution >= 4 is 0 Å². The topological polar surface area (TPSA) is 29.5 Å². The van der Waals surface area contributed by atoms with Crippen LogP contribution in [0.1, 0.15) is 49.7 Å². The molecule has 3 rings (SSSR count). The second-order valence-electron chi connectivity index (χ2n) is 5.71. The zero-order valence-corrected chi connectivity index (χ0v) is 11.6. The van der Waals surface area contributed by atoms with Crippen LogP contribution in [0.2, 0.25) is 0 Å². The van der Waals surface area contributed by atoms with Crippen molar-refractivity contribution in [2.45, 2.75) is 50.5 Å². The van der Waals surface area contributed by atoms with Crippen LogP contribution in [0.3, 0.4) is 0 Å². The molecule has 0 bridgehead atoms. The molecule has 0 aromatic heterocycles. The molecule has 2 aliphatic carbocycles. The van der Waals surface area contributed by atoms with Crippen LogP contribution in [0.15, 0.2) is 29.8 Å². The van der Waals surface area contributed by atoms with Crippen LogP contribution in [0.5, 0.6) is 5.75 Å². The van der Waals surface area contributed by atoms with Crippen LogP contribution in [-0.4, -0.2) is 12.2 Å². The molecule has 1 unspecified atom stereocenters. The Labute approximate surface area is 115 Å². The van der Waals surface area contributed by atoms with Crippen molar-refractivity contribution in [1.29, 1.82) is 0 Å². The Kier molecular flexibility index (Phi) is 3.36. The molecule has 1 aromatic carbocycles. The number of methoxy groups -OCH3 is 1. The normalized spacial score (nSPS) is 26.5. The maximum atomic E-state index is 11.2. The molecule has 1 aromatic rings. The van der Waals surface area contributed by atoms with Gasteiger partial charge in [0.1, 0.15) is 11.4 Å². The predicted molar refractivity (Wildman–Crippen MR) is 76.4 cm³/mol. The van der Waals surface area contributed by atoms with Crippen molar-refractivity contribution in [2.75, 3.05) is 7.11 Å². The van der Waals surface area contributed by atoms with Gasteiger partial charge in [-0.1, -0.05) is 18.6 Å². The number of ether oxygens (including phenoxy) is 1. The fraction of sp³-hybridized carbons (Fsp3) is 0.529. The minimum absolute atomic E-state index is 0.742. The molecule has 2 heteroatoms. The lowest BCUT2D eigenvalue weighted by Gasteiger charge is -2.27. The average molecular weight is 258 g/mol. The number of hydrogen-bond donors (Lipinski definition) is 1. The van der Waals surface area contributed by atoms with Crippen molar-refractivity contribution in [2.24, 2.45) is 0 Å². The van der Waals surface area contributed by atoms with E-state index < -0.39 is 5.60 Å². The third kappa shape index (κ3) is 2.18. The number of benzene rings is 1. The summed E-state index contributed by atoms with van der Waals surface area (Å²) in [5, 5.41) is 11.2. The van der Waals surface area contributed by atoms with E-state index in [1.165, 1.54) is 30.4 Å². The van der Waals surface area contributed by atoms with Crippen molar-refractivity contribution in [1.82, 2.24) is 0 Å². The number of rotatable bonds is 2. The van der Waals surface area contributed by atoms with Gasteiger partial charge >= 0.3 is 0 Å². The summed E-state index contributed by atoms with van der Waals surface area (Å²) in [6.07, 6.45) is 9.94. The Morgan fingerprint density at radius 2 is 2.05 bits per heavy atom. The van der Waals surface area contributed by atoms with Crippen molar-refractivity contribution in [3.05, 3.63) is 41.0 Å². The quantitative estimate of drug-likeness (QED) is 0.819. The first-order chi connectivity index (χ1) is 9.24. The van der Waals surface area contributed by atoms with E-state index in [0.717, 1.165) is 37.0 Å². The van der Waals surface area contributed by atoms with Gasteiger partial charge in [0, 0.05) is 0 Å². The first-order valence-electron chi connectivity index (χ1n) is 7.33. The average Bonchev–Trinajstić information content (AvgIpc) is 2.65. The highest BCUT2D eigenvalue weighted by molar-refractivity contribution is 5.47. The van der Waals surface area contributed by atoms with Crippen LogP contribution in [0.25, 0.3) is 0 Å². The summed E-state index contributed by atoms with van der Waals surface area (Å²) in [6.45, 7) is 0. The minimum atomic E-state index is -0.742. The highest BCUT2D eigenvalue weighted by Crippen LogP contribution is 2.45. The van der Waals surface area contributed by atoms with Gasteiger partial charge in [-0.25, -0.2) is 0 Å². The summed E-state index contributed by atoms with van der Waals surface area (Å²) in [5.74, 6) is 0.841. The van der Waals surface area contributed by atoms with Crippen LogP contribution in [0, 0.1) is 0 Å². The lowest BCUT2D eigenvalue weighted by Crippen LogP contribution is -2.25. The maximum Gasteiger partial charge on any atom is 0.119 e. The van der Waals surface area contributed by atoms with E-state index in [1.807, 2.05) is 12.1 Å². The first-order valence-corrected chi connectivity index (χ1v) is 7.33. The molecular formula is C17H22O2. The molecule has 0 fully saturated rings.